The van der Waals surface area contributed by atoms with Crippen molar-refractivity contribution in [3.05, 3.63) is 23.8 Å². The predicted octanol–water partition coefficient (Wildman–Crippen LogP) is 0.230. The monoisotopic (exact) mass is 251 g/mol. The average molecular weight is 251 g/mol. The van der Waals surface area contributed by atoms with Crippen LogP contribution >= 0.6 is 0 Å². The molecule has 0 aliphatic heterocycles. The number of carbonyl (C=O) groups is 2. The fourth-order valence-electron chi connectivity index (χ4n) is 1.32. The number of anilines is 1. The van der Waals surface area contributed by atoms with Crippen molar-refractivity contribution in [2.45, 2.75) is 13.3 Å². The summed E-state index contributed by atoms with van der Waals surface area (Å²) in [5, 5.41) is 14.3. The number of nitrogen functional groups attached to an aromatic ring is 1. The van der Waals surface area contributed by atoms with Crippen LogP contribution in [0.3, 0.4) is 0 Å². The molecule has 98 valence electrons. The molecular formula is C12H17N3O3. The number of phenols is 1. The first-order valence-electron chi connectivity index (χ1n) is 5.68. The third-order valence-electron chi connectivity index (χ3n) is 2.26. The maximum atomic E-state index is 11.7. The fraction of sp³-hybridized carbons (Fsp3) is 0.333. The number of aromatic hydroxyl groups is 1. The van der Waals surface area contributed by atoms with Gasteiger partial charge in [-0.05, 0) is 24.6 Å². The molecule has 0 heterocycles. The molecule has 0 spiro atoms. The van der Waals surface area contributed by atoms with Gasteiger partial charge >= 0.3 is 0 Å². The Morgan fingerprint density at radius 2 is 2.06 bits per heavy atom. The molecular weight excluding hydrogens is 234 g/mol. The van der Waals surface area contributed by atoms with E-state index in [-0.39, 0.29) is 29.5 Å². The zero-order valence-corrected chi connectivity index (χ0v) is 10.2. The first-order chi connectivity index (χ1) is 8.54. The number of carbonyl (C=O) groups excluding carboxylic acids is 2. The molecule has 0 aromatic heterocycles. The number of nitrogens with two attached hydrogens (primary N) is 1. The second kappa shape index (κ2) is 6.48. The maximum absolute atomic E-state index is 11.7. The van der Waals surface area contributed by atoms with Crippen molar-refractivity contribution < 1.29 is 14.7 Å². The van der Waals surface area contributed by atoms with Crippen LogP contribution in [0.4, 0.5) is 5.69 Å². The third kappa shape index (κ3) is 3.97. The third-order valence-corrected chi connectivity index (χ3v) is 2.26. The van der Waals surface area contributed by atoms with E-state index < -0.39 is 5.91 Å². The van der Waals surface area contributed by atoms with Gasteiger partial charge in [-0.15, -0.1) is 0 Å². The summed E-state index contributed by atoms with van der Waals surface area (Å²) >= 11 is 0. The van der Waals surface area contributed by atoms with Gasteiger partial charge in [-0.3, -0.25) is 9.59 Å². The Morgan fingerprint density at radius 1 is 1.33 bits per heavy atom. The van der Waals surface area contributed by atoms with Crippen LogP contribution in [0.1, 0.15) is 23.7 Å². The highest BCUT2D eigenvalue weighted by Crippen LogP contribution is 2.17. The number of nitrogens with one attached hydrogen (secondary N) is 2. The lowest BCUT2D eigenvalue weighted by atomic mass is 10.1. The van der Waals surface area contributed by atoms with Crippen molar-refractivity contribution in [2.75, 3.05) is 18.8 Å². The molecule has 6 heteroatoms. The molecule has 0 bridgehead atoms. The van der Waals surface area contributed by atoms with E-state index in [9.17, 15) is 14.7 Å². The normalized spacial score (nSPS) is 9.83. The zero-order valence-electron chi connectivity index (χ0n) is 10.2. The van der Waals surface area contributed by atoms with E-state index >= 15 is 0 Å². The van der Waals surface area contributed by atoms with Crippen LogP contribution in [0.15, 0.2) is 18.2 Å². The number of hydrogen-bond donors (Lipinski definition) is 4. The molecule has 2 amide bonds. The summed E-state index contributed by atoms with van der Waals surface area (Å²) in [4.78, 5) is 23.0. The molecule has 0 unspecified atom stereocenters. The van der Waals surface area contributed by atoms with Crippen molar-refractivity contribution in [2.24, 2.45) is 0 Å². The molecule has 0 radical (unpaired) electrons. The van der Waals surface area contributed by atoms with Crippen LogP contribution in [0.25, 0.3) is 0 Å². The van der Waals surface area contributed by atoms with Gasteiger partial charge in [-0.25, -0.2) is 0 Å². The summed E-state index contributed by atoms with van der Waals surface area (Å²) in [6, 6.07) is 4.08. The van der Waals surface area contributed by atoms with Gasteiger partial charge in [-0.2, -0.15) is 0 Å². The molecule has 0 saturated heterocycles. The topological polar surface area (TPSA) is 104 Å². The summed E-state index contributed by atoms with van der Waals surface area (Å²) in [5.41, 5.74) is 6.00. The molecule has 0 saturated carbocycles. The van der Waals surface area contributed by atoms with Gasteiger partial charge in [0.15, 0.2) is 0 Å². The summed E-state index contributed by atoms with van der Waals surface area (Å²) in [6.07, 6.45) is 0.833. The molecule has 1 rings (SSSR count). The lowest BCUT2D eigenvalue weighted by molar-refractivity contribution is -0.120. The molecule has 0 aliphatic rings. The number of hydrogen-bond acceptors (Lipinski definition) is 4. The standard InChI is InChI=1S/C12H17N3O3/c1-2-5-14-11(17)7-15-12(18)9-6-8(16)3-4-10(9)13/h3-4,6,16H,2,5,7,13H2,1H3,(H,14,17)(H,15,18). The van der Waals surface area contributed by atoms with Crippen LogP contribution in [-0.4, -0.2) is 30.0 Å². The Morgan fingerprint density at radius 3 is 2.72 bits per heavy atom. The SMILES string of the molecule is CCCNC(=O)CNC(=O)c1cc(O)ccc1N. The van der Waals surface area contributed by atoms with E-state index in [1.54, 1.807) is 0 Å². The molecule has 1 aromatic carbocycles. The molecule has 0 fully saturated rings. The van der Waals surface area contributed by atoms with Gasteiger partial charge in [0.25, 0.3) is 5.91 Å². The minimum atomic E-state index is -0.491. The van der Waals surface area contributed by atoms with Crippen LogP contribution < -0.4 is 16.4 Å². The second-order valence-electron chi connectivity index (χ2n) is 3.80. The van der Waals surface area contributed by atoms with Crippen LogP contribution in [-0.2, 0) is 4.79 Å². The number of phenolic OH excluding ortho intramolecular Hbond substituents is 1. The van der Waals surface area contributed by atoms with Crippen molar-refractivity contribution in [3.63, 3.8) is 0 Å². The van der Waals surface area contributed by atoms with Crippen LogP contribution in [0, 0.1) is 0 Å². The molecule has 5 N–H and O–H groups in total. The molecule has 0 atom stereocenters. The molecule has 6 nitrogen and oxygen atoms in total. The van der Waals surface area contributed by atoms with Gasteiger partial charge < -0.3 is 21.5 Å². The quantitative estimate of drug-likeness (QED) is 0.444. The van der Waals surface area contributed by atoms with Gasteiger partial charge in [0, 0.05) is 12.2 Å². The summed E-state index contributed by atoms with van der Waals surface area (Å²) in [7, 11) is 0. The zero-order chi connectivity index (χ0) is 13.5. The summed E-state index contributed by atoms with van der Waals surface area (Å²) in [5.74, 6) is -0.802. The van der Waals surface area contributed by atoms with Gasteiger partial charge in [0.2, 0.25) is 5.91 Å². The second-order valence-corrected chi connectivity index (χ2v) is 3.80. The first-order valence-corrected chi connectivity index (χ1v) is 5.68. The summed E-state index contributed by atoms with van der Waals surface area (Å²) in [6.45, 7) is 2.39. The van der Waals surface area contributed by atoms with Crippen molar-refractivity contribution in [3.8, 4) is 5.75 Å². The van der Waals surface area contributed by atoms with Gasteiger partial charge in [0.1, 0.15) is 5.75 Å². The van der Waals surface area contributed by atoms with E-state index in [0.29, 0.717) is 6.54 Å². The minimum Gasteiger partial charge on any atom is -0.508 e. The van der Waals surface area contributed by atoms with Crippen LogP contribution in [0.2, 0.25) is 0 Å². The maximum Gasteiger partial charge on any atom is 0.253 e. The molecule has 1 aromatic rings. The van der Waals surface area contributed by atoms with Gasteiger partial charge in [-0.1, -0.05) is 6.92 Å². The van der Waals surface area contributed by atoms with E-state index in [4.69, 9.17) is 5.73 Å². The van der Waals surface area contributed by atoms with E-state index in [0.717, 1.165) is 6.42 Å². The molecule has 0 aliphatic carbocycles. The fourth-order valence-corrected chi connectivity index (χ4v) is 1.32. The number of amides is 2. The Bertz CT molecular complexity index is 446. The Labute approximate surface area is 105 Å². The lowest BCUT2D eigenvalue weighted by Gasteiger charge is -2.08. The summed E-state index contributed by atoms with van der Waals surface area (Å²) < 4.78 is 0. The minimum absolute atomic E-state index is 0.0511. The van der Waals surface area contributed by atoms with Gasteiger partial charge in [0.05, 0.1) is 12.1 Å². The Kier molecular flexibility index (Phi) is 4.98. The van der Waals surface area contributed by atoms with E-state index in [1.807, 2.05) is 6.92 Å². The first kappa shape index (κ1) is 13.8. The smallest absolute Gasteiger partial charge is 0.253 e. The largest absolute Gasteiger partial charge is 0.508 e. The average Bonchev–Trinajstić information content (AvgIpc) is 2.36. The van der Waals surface area contributed by atoms with E-state index in [2.05, 4.69) is 10.6 Å². The number of rotatable bonds is 5. The van der Waals surface area contributed by atoms with Crippen molar-refractivity contribution >= 4 is 17.5 Å². The highest BCUT2D eigenvalue weighted by molar-refractivity contribution is 6.01. The predicted molar refractivity (Wildman–Crippen MR) is 68.2 cm³/mol. The van der Waals surface area contributed by atoms with Crippen molar-refractivity contribution in [1.29, 1.82) is 0 Å². The van der Waals surface area contributed by atoms with E-state index in [1.165, 1.54) is 18.2 Å². The Hall–Kier alpha value is -2.24. The van der Waals surface area contributed by atoms with Crippen molar-refractivity contribution in [1.82, 2.24) is 10.6 Å². The highest BCUT2D eigenvalue weighted by atomic mass is 16.3. The Balaban J connectivity index is 2.55. The highest BCUT2D eigenvalue weighted by Gasteiger charge is 2.11. The lowest BCUT2D eigenvalue weighted by Crippen LogP contribution is -2.37. The number of benzene rings is 1. The molecule has 18 heavy (non-hydrogen) atoms. The van der Waals surface area contributed by atoms with Crippen LogP contribution in [0.5, 0.6) is 5.75 Å².